The largest absolute Gasteiger partial charge is 0.394 e. The van der Waals surface area contributed by atoms with Crippen molar-refractivity contribution < 1.29 is 104 Å². The van der Waals surface area contributed by atoms with Gasteiger partial charge in [0.2, 0.25) is 0 Å². The van der Waals surface area contributed by atoms with E-state index in [0.29, 0.717) is 0 Å². The molecule has 298 valence electrons. The highest BCUT2D eigenvalue weighted by Gasteiger charge is 2.52. The molecule has 0 bridgehead atoms. The summed E-state index contributed by atoms with van der Waals surface area (Å²) >= 11 is 1.02. The third kappa shape index (κ3) is 9.74. The Balaban J connectivity index is 1.29. The molecule has 4 aliphatic rings. The van der Waals surface area contributed by atoms with Gasteiger partial charge in [0.05, 0.1) is 33.0 Å². The van der Waals surface area contributed by atoms with Crippen LogP contribution in [-0.4, -0.2) is 234 Å². The zero-order chi connectivity index (χ0) is 37.6. The van der Waals surface area contributed by atoms with Crippen LogP contribution in [0, 0.1) is 0 Å². The van der Waals surface area contributed by atoms with Crippen LogP contribution in [-0.2, 0) is 37.9 Å². The van der Waals surface area contributed by atoms with Crippen LogP contribution in [0.1, 0.15) is 0 Å². The average Bonchev–Trinajstić information content (AvgIpc) is 3.13. The van der Waals surface area contributed by atoms with Crippen molar-refractivity contribution in [1.29, 1.82) is 0 Å². The van der Waals surface area contributed by atoms with Crippen LogP contribution in [0.15, 0.2) is 12.2 Å². The van der Waals surface area contributed by atoms with Gasteiger partial charge in [-0.3, -0.25) is 0 Å². The summed E-state index contributed by atoms with van der Waals surface area (Å²) in [5, 5.41) is 133. The number of methoxy groups -OCH3 is 1. The molecule has 13 N–H and O–H groups in total. The lowest BCUT2D eigenvalue weighted by Crippen LogP contribution is -2.65. The van der Waals surface area contributed by atoms with Gasteiger partial charge in [-0.1, -0.05) is 12.2 Å². The van der Waals surface area contributed by atoms with E-state index in [9.17, 15) is 66.4 Å². The van der Waals surface area contributed by atoms with E-state index in [4.69, 9.17) is 37.9 Å². The van der Waals surface area contributed by atoms with E-state index in [0.717, 1.165) is 11.8 Å². The molecule has 4 heterocycles. The van der Waals surface area contributed by atoms with Gasteiger partial charge < -0.3 is 104 Å². The van der Waals surface area contributed by atoms with Crippen molar-refractivity contribution in [3.8, 4) is 0 Å². The fourth-order valence-corrected chi connectivity index (χ4v) is 7.08. The molecule has 4 aliphatic heterocycles. The quantitative estimate of drug-likeness (QED) is 0.0688. The summed E-state index contributed by atoms with van der Waals surface area (Å²) in [6.07, 6.45) is -25.7. The van der Waals surface area contributed by atoms with E-state index in [1.807, 2.05) is 0 Å². The van der Waals surface area contributed by atoms with Gasteiger partial charge in [0.15, 0.2) is 18.9 Å². The van der Waals surface area contributed by atoms with E-state index in [-0.39, 0.29) is 12.4 Å². The maximum absolute atomic E-state index is 10.9. The van der Waals surface area contributed by atoms with E-state index in [1.54, 1.807) is 6.08 Å². The summed E-state index contributed by atoms with van der Waals surface area (Å²) in [5.74, 6) is 0.158. The first-order chi connectivity index (χ1) is 24.3. The minimum Gasteiger partial charge on any atom is -0.394 e. The highest BCUT2D eigenvalue weighted by Crippen LogP contribution is 2.34. The second-order valence-corrected chi connectivity index (χ2v) is 13.5. The molecule has 0 spiro atoms. The van der Waals surface area contributed by atoms with E-state index < -0.39 is 148 Å². The number of rotatable bonds is 15. The lowest BCUT2D eigenvalue weighted by atomic mass is 9.97. The molecule has 21 nitrogen and oxygen atoms in total. The van der Waals surface area contributed by atoms with Crippen LogP contribution < -0.4 is 0 Å². The average molecular weight is 767 g/mol. The molecular formula is C29H50O21S. The second-order valence-electron chi connectivity index (χ2n) is 12.4. The Morgan fingerprint density at radius 1 is 0.490 bits per heavy atom. The minimum absolute atomic E-state index is 0.158. The molecule has 4 fully saturated rings. The maximum Gasteiger partial charge on any atom is 0.187 e. The van der Waals surface area contributed by atoms with Gasteiger partial charge >= 0.3 is 0 Å². The molecule has 20 atom stereocenters. The van der Waals surface area contributed by atoms with Gasteiger partial charge in [-0.05, 0) is 0 Å². The molecule has 51 heavy (non-hydrogen) atoms. The van der Waals surface area contributed by atoms with Crippen molar-refractivity contribution in [2.45, 2.75) is 122 Å². The summed E-state index contributed by atoms with van der Waals surface area (Å²) in [7, 11) is 1.22. The fraction of sp³-hybridized carbons (Fsp3) is 0.931. The summed E-state index contributed by atoms with van der Waals surface area (Å²) < 4.78 is 43.6. The Hall–Kier alpha value is -0.750. The normalized spacial score (nSPS) is 48.3. The highest BCUT2D eigenvalue weighted by atomic mass is 32.2. The summed E-state index contributed by atoms with van der Waals surface area (Å²) in [6.45, 7) is -2.90. The number of aliphatic hydroxyl groups excluding tert-OH is 13. The van der Waals surface area contributed by atoms with Gasteiger partial charge in [0.1, 0.15) is 103 Å². The molecule has 0 amide bonds. The standard InChI is InChI=1S/C29H50O21S/c1-43-26-21(41)24(15(35)11(7-31)45-26)49-28-20(40)18(38)23(13(9-33)47-28)44-4-2-3-5-51-29-22(42)25(16(36)12(8-32)48-29)50-27-19(39)17(37)14(34)10(6-30)46-27/h2-3,10-42H,4-9H2,1H3/b3-2+/t10-,11-,12-,13-,14-,15-,16-,17+,18-,19-,20-,21-,22-,23-,24+,25+,26-,27+,28+,29+/m1/s1. The number of aliphatic hydroxyl groups is 13. The molecule has 4 saturated heterocycles. The van der Waals surface area contributed by atoms with Crippen molar-refractivity contribution >= 4 is 11.8 Å². The van der Waals surface area contributed by atoms with E-state index >= 15 is 0 Å². The predicted molar refractivity (Wildman–Crippen MR) is 165 cm³/mol. The third-order valence-corrected chi connectivity index (χ3v) is 10.1. The Kier molecular flexibility index (Phi) is 16.6. The fourth-order valence-electron chi connectivity index (χ4n) is 6.07. The Bertz CT molecular complexity index is 1040. The van der Waals surface area contributed by atoms with E-state index in [2.05, 4.69) is 0 Å². The monoisotopic (exact) mass is 766 g/mol. The molecular weight excluding hydrogens is 716 g/mol. The van der Waals surface area contributed by atoms with Crippen LogP contribution in [0.2, 0.25) is 0 Å². The molecule has 0 aromatic carbocycles. The SMILES string of the molecule is CO[C@@H]1O[C@H](CO)[C@@H](O)[C@H](O[C@@H]2O[C@H](CO)[C@@H](OC/C=C/CS[C@@H]3O[C@H](CO)[C@@H](O)[C@H](O[C@@H]4O[C@H](CO)[C@@H](O)[C@H](O)[C@H]4O)[C@H]3O)[C@H](O)[C@H]2O)[C@H]1O. The Morgan fingerprint density at radius 3 is 1.55 bits per heavy atom. The molecule has 0 aromatic heterocycles. The number of thioether (sulfide) groups is 1. The predicted octanol–water partition coefficient (Wildman–Crippen LogP) is -7.81. The number of hydrogen-bond acceptors (Lipinski definition) is 22. The topological polar surface area (TPSA) is 337 Å². The zero-order valence-corrected chi connectivity index (χ0v) is 28.2. The summed E-state index contributed by atoms with van der Waals surface area (Å²) in [5.41, 5.74) is -1.09. The van der Waals surface area contributed by atoms with Gasteiger partial charge in [0, 0.05) is 12.9 Å². The molecule has 0 radical (unpaired) electrons. The first-order valence-corrected chi connectivity index (χ1v) is 17.3. The molecule has 0 aliphatic carbocycles. The van der Waals surface area contributed by atoms with Crippen molar-refractivity contribution in [3.05, 3.63) is 12.2 Å². The summed E-state index contributed by atoms with van der Waals surface area (Å²) in [4.78, 5) is 0. The van der Waals surface area contributed by atoms with Crippen molar-refractivity contribution in [2.75, 3.05) is 45.9 Å². The smallest absolute Gasteiger partial charge is 0.187 e. The highest BCUT2D eigenvalue weighted by molar-refractivity contribution is 7.99. The second kappa shape index (κ2) is 19.7. The first kappa shape index (κ1) is 43.0. The molecule has 0 aromatic rings. The van der Waals surface area contributed by atoms with Crippen molar-refractivity contribution in [2.24, 2.45) is 0 Å². The van der Waals surface area contributed by atoms with Crippen molar-refractivity contribution in [3.63, 3.8) is 0 Å². The first-order valence-electron chi connectivity index (χ1n) is 16.2. The van der Waals surface area contributed by atoms with Crippen LogP contribution >= 0.6 is 11.8 Å². The molecule has 0 unspecified atom stereocenters. The Morgan fingerprint density at radius 2 is 0.980 bits per heavy atom. The van der Waals surface area contributed by atoms with Crippen LogP contribution in [0.4, 0.5) is 0 Å². The Labute approximate surface area is 296 Å². The van der Waals surface area contributed by atoms with Gasteiger partial charge in [-0.2, -0.15) is 0 Å². The van der Waals surface area contributed by atoms with E-state index in [1.165, 1.54) is 13.2 Å². The lowest BCUT2D eigenvalue weighted by molar-refractivity contribution is -0.359. The van der Waals surface area contributed by atoms with Gasteiger partial charge in [-0.15, -0.1) is 11.8 Å². The molecule has 22 heteroatoms. The minimum atomic E-state index is -1.80. The number of ether oxygens (including phenoxy) is 8. The van der Waals surface area contributed by atoms with Gasteiger partial charge in [0.25, 0.3) is 0 Å². The maximum atomic E-state index is 10.9. The third-order valence-electron chi connectivity index (χ3n) is 9.04. The van der Waals surface area contributed by atoms with Crippen LogP contribution in [0.3, 0.4) is 0 Å². The van der Waals surface area contributed by atoms with Gasteiger partial charge in [-0.25, -0.2) is 0 Å². The van der Waals surface area contributed by atoms with Crippen LogP contribution in [0.25, 0.3) is 0 Å². The van der Waals surface area contributed by atoms with Crippen LogP contribution in [0.5, 0.6) is 0 Å². The molecule has 4 rings (SSSR count). The summed E-state index contributed by atoms with van der Waals surface area (Å²) in [6, 6.07) is 0. The zero-order valence-electron chi connectivity index (χ0n) is 27.4. The number of hydrogen-bond donors (Lipinski definition) is 13. The van der Waals surface area contributed by atoms with Crippen molar-refractivity contribution in [1.82, 2.24) is 0 Å². The lowest BCUT2D eigenvalue weighted by Gasteiger charge is -2.46. The molecule has 0 saturated carbocycles.